The van der Waals surface area contributed by atoms with Crippen molar-refractivity contribution >= 4 is 5.91 Å². The predicted molar refractivity (Wildman–Crippen MR) is 88.9 cm³/mol. The van der Waals surface area contributed by atoms with Crippen molar-refractivity contribution in [3.8, 4) is 0 Å². The molecule has 4 atom stereocenters. The Morgan fingerprint density at radius 3 is 2.64 bits per heavy atom. The van der Waals surface area contributed by atoms with Gasteiger partial charge in [0.25, 0.3) is 0 Å². The van der Waals surface area contributed by atoms with Crippen molar-refractivity contribution in [3.05, 3.63) is 0 Å². The van der Waals surface area contributed by atoms with Gasteiger partial charge in [-0.25, -0.2) is 0 Å². The highest BCUT2D eigenvalue weighted by atomic mass is 16.5. The van der Waals surface area contributed by atoms with Gasteiger partial charge in [0.2, 0.25) is 5.91 Å². The summed E-state index contributed by atoms with van der Waals surface area (Å²) in [6.45, 7) is 11.4. The van der Waals surface area contributed by atoms with Crippen LogP contribution in [0.3, 0.4) is 0 Å². The molecule has 0 aromatic carbocycles. The number of carbonyl (C=O) groups excluding carboxylic acids is 1. The summed E-state index contributed by atoms with van der Waals surface area (Å²) < 4.78 is 5.75. The van der Waals surface area contributed by atoms with Crippen molar-refractivity contribution in [2.75, 3.05) is 32.7 Å². The lowest BCUT2D eigenvalue weighted by atomic mass is 9.92. The van der Waals surface area contributed by atoms with Gasteiger partial charge in [-0.1, -0.05) is 0 Å². The third-order valence-corrected chi connectivity index (χ3v) is 4.69. The van der Waals surface area contributed by atoms with E-state index >= 15 is 0 Å². The second kappa shape index (κ2) is 8.85. The van der Waals surface area contributed by atoms with Crippen LogP contribution >= 0.6 is 0 Å². The number of hydrogen-bond donors (Lipinski definition) is 2. The minimum atomic E-state index is 0.206. The summed E-state index contributed by atoms with van der Waals surface area (Å²) in [6, 6.07) is 0.467. The van der Waals surface area contributed by atoms with Crippen molar-refractivity contribution < 1.29 is 9.53 Å². The molecule has 0 bridgehead atoms. The number of amides is 1. The maximum atomic E-state index is 12.1. The monoisotopic (exact) mass is 311 g/mol. The molecular formula is C17H33N3O2. The minimum absolute atomic E-state index is 0.206. The molecule has 1 amide bonds. The summed E-state index contributed by atoms with van der Waals surface area (Å²) in [5.41, 5.74) is 0. The van der Waals surface area contributed by atoms with Gasteiger partial charge in [-0.2, -0.15) is 0 Å². The van der Waals surface area contributed by atoms with Crippen molar-refractivity contribution in [3.63, 3.8) is 0 Å². The highest BCUT2D eigenvalue weighted by Crippen LogP contribution is 2.16. The fourth-order valence-corrected chi connectivity index (χ4v) is 3.65. The van der Waals surface area contributed by atoms with Crippen LogP contribution < -0.4 is 10.6 Å². The van der Waals surface area contributed by atoms with Crippen LogP contribution in [-0.4, -0.2) is 61.8 Å². The van der Waals surface area contributed by atoms with Gasteiger partial charge in [0.05, 0.1) is 12.2 Å². The summed E-state index contributed by atoms with van der Waals surface area (Å²) in [5, 5.41) is 6.51. The van der Waals surface area contributed by atoms with Crippen LogP contribution in [0.25, 0.3) is 0 Å². The van der Waals surface area contributed by atoms with Gasteiger partial charge in [0, 0.05) is 31.6 Å². The van der Waals surface area contributed by atoms with Crippen LogP contribution in [0.1, 0.15) is 46.5 Å². The summed E-state index contributed by atoms with van der Waals surface area (Å²) in [5.74, 6) is 0.458. The lowest BCUT2D eigenvalue weighted by Crippen LogP contribution is -2.45. The summed E-state index contributed by atoms with van der Waals surface area (Å²) >= 11 is 0. The number of unbranched alkanes of at least 4 members (excludes halogenated alkanes) is 1. The molecule has 2 saturated heterocycles. The second-order valence-corrected chi connectivity index (χ2v) is 7.09. The van der Waals surface area contributed by atoms with Gasteiger partial charge < -0.3 is 15.4 Å². The van der Waals surface area contributed by atoms with Crippen molar-refractivity contribution in [2.45, 2.75) is 64.7 Å². The van der Waals surface area contributed by atoms with E-state index in [1.165, 1.54) is 0 Å². The molecule has 2 fully saturated rings. The van der Waals surface area contributed by atoms with Crippen LogP contribution in [0.4, 0.5) is 0 Å². The van der Waals surface area contributed by atoms with E-state index in [4.69, 9.17) is 4.74 Å². The van der Waals surface area contributed by atoms with E-state index in [-0.39, 0.29) is 11.8 Å². The molecular weight excluding hydrogens is 278 g/mol. The standard InChI is InChI=1S/C17H33N3O2/c1-13-10-16(6-8-18-13)17(21)19-7-4-5-9-20-11-14(2)22-15(3)12-20/h13-16,18H,4-12H2,1-3H3,(H,19,21)/t13-,14?,15?,16-/m0/s1. The lowest BCUT2D eigenvalue weighted by molar-refractivity contribution is -0.126. The van der Waals surface area contributed by atoms with E-state index in [1.54, 1.807) is 0 Å². The highest BCUT2D eigenvalue weighted by Gasteiger charge is 2.24. The fourth-order valence-electron chi connectivity index (χ4n) is 3.65. The van der Waals surface area contributed by atoms with Crippen molar-refractivity contribution in [1.82, 2.24) is 15.5 Å². The Bertz CT molecular complexity index is 341. The molecule has 0 aliphatic carbocycles. The van der Waals surface area contributed by atoms with E-state index in [0.717, 1.165) is 58.4 Å². The lowest BCUT2D eigenvalue weighted by Gasteiger charge is -2.35. The first-order valence-electron chi connectivity index (χ1n) is 8.93. The zero-order chi connectivity index (χ0) is 15.9. The first kappa shape index (κ1) is 17.7. The zero-order valence-electron chi connectivity index (χ0n) is 14.4. The number of morpholine rings is 1. The minimum Gasteiger partial charge on any atom is -0.373 e. The predicted octanol–water partition coefficient (Wildman–Crippen LogP) is 1.38. The molecule has 0 saturated carbocycles. The molecule has 5 nitrogen and oxygen atoms in total. The second-order valence-electron chi connectivity index (χ2n) is 7.09. The van der Waals surface area contributed by atoms with Gasteiger partial charge in [-0.3, -0.25) is 9.69 Å². The van der Waals surface area contributed by atoms with Gasteiger partial charge >= 0.3 is 0 Å². The third-order valence-electron chi connectivity index (χ3n) is 4.69. The highest BCUT2D eigenvalue weighted by molar-refractivity contribution is 5.78. The topological polar surface area (TPSA) is 53.6 Å². The third kappa shape index (κ3) is 5.86. The van der Waals surface area contributed by atoms with E-state index in [2.05, 4.69) is 36.3 Å². The van der Waals surface area contributed by atoms with Crippen molar-refractivity contribution in [1.29, 1.82) is 0 Å². The Kier molecular flexibility index (Phi) is 7.12. The largest absolute Gasteiger partial charge is 0.373 e. The summed E-state index contributed by atoms with van der Waals surface area (Å²) in [4.78, 5) is 14.6. The smallest absolute Gasteiger partial charge is 0.223 e. The Labute approximate surface area is 135 Å². The SMILES string of the molecule is CC1CN(CCCCNC(=O)[C@H]2CCN[C@@H](C)C2)CC(C)O1. The van der Waals surface area contributed by atoms with E-state index in [9.17, 15) is 4.79 Å². The number of nitrogens with one attached hydrogen (secondary N) is 2. The molecule has 0 aromatic rings. The number of piperidine rings is 1. The Morgan fingerprint density at radius 2 is 1.95 bits per heavy atom. The van der Waals surface area contributed by atoms with Crippen molar-refractivity contribution in [2.24, 2.45) is 5.92 Å². The molecule has 22 heavy (non-hydrogen) atoms. The van der Waals surface area contributed by atoms with Gasteiger partial charge in [0.1, 0.15) is 0 Å². The van der Waals surface area contributed by atoms with E-state index in [0.29, 0.717) is 18.2 Å². The Morgan fingerprint density at radius 1 is 1.23 bits per heavy atom. The molecule has 2 rings (SSSR count). The van der Waals surface area contributed by atoms with Crippen LogP contribution in [0, 0.1) is 5.92 Å². The van der Waals surface area contributed by atoms with Crippen LogP contribution in [-0.2, 0) is 9.53 Å². The van der Waals surface area contributed by atoms with E-state index < -0.39 is 0 Å². The molecule has 0 spiro atoms. The molecule has 2 aliphatic heterocycles. The first-order chi connectivity index (χ1) is 10.5. The maximum Gasteiger partial charge on any atom is 0.223 e. The molecule has 2 N–H and O–H groups in total. The maximum absolute atomic E-state index is 12.1. The molecule has 2 heterocycles. The quantitative estimate of drug-likeness (QED) is 0.728. The molecule has 2 unspecified atom stereocenters. The van der Waals surface area contributed by atoms with E-state index in [1.807, 2.05) is 0 Å². The van der Waals surface area contributed by atoms with Gasteiger partial charge in [-0.05, 0) is 59.5 Å². The number of ether oxygens (including phenoxy) is 1. The molecule has 2 aliphatic rings. The van der Waals surface area contributed by atoms with Crippen LogP contribution in [0.2, 0.25) is 0 Å². The molecule has 0 radical (unpaired) electrons. The molecule has 0 aromatic heterocycles. The fraction of sp³-hybridized carbons (Fsp3) is 0.941. The zero-order valence-corrected chi connectivity index (χ0v) is 14.4. The Hall–Kier alpha value is -0.650. The van der Waals surface area contributed by atoms with Gasteiger partial charge in [0.15, 0.2) is 0 Å². The molecule has 128 valence electrons. The number of carbonyl (C=O) groups is 1. The average molecular weight is 311 g/mol. The number of hydrogen-bond acceptors (Lipinski definition) is 4. The number of rotatable bonds is 6. The van der Waals surface area contributed by atoms with Crippen LogP contribution in [0.15, 0.2) is 0 Å². The molecule has 5 heteroatoms. The van der Waals surface area contributed by atoms with Crippen LogP contribution in [0.5, 0.6) is 0 Å². The first-order valence-corrected chi connectivity index (χ1v) is 8.93. The van der Waals surface area contributed by atoms with Gasteiger partial charge in [-0.15, -0.1) is 0 Å². The average Bonchev–Trinajstić information content (AvgIpc) is 2.45. The summed E-state index contributed by atoms with van der Waals surface area (Å²) in [7, 11) is 0. The number of nitrogens with zero attached hydrogens (tertiary/aromatic N) is 1. The Balaban J connectivity index is 1.54. The normalized spacial score (nSPS) is 33.6. The summed E-state index contributed by atoms with van der Waals surface area (Å²) in [6.07, 6.45) is 4.82.